The number of nitrogens with one attached hydrogen (secondary N) is 1. The molecule has 0 radical (unpaired) electrons. The van der Waals surface area contributed by atoms with Crippen LogP contribution in [0, 0.1) is 5.82 Å². The third-order valence-corrected chi connectivity index (χ3v) is 4.42. The summed E-state index contributed by atoms with van der Waals surface area (Å²) in [5, 5.41) is 2.88. The van der Waals surface area contributed by atoms with Gasteiger partial charge in [0.05, 0.1) is 16.5 Å². The highest BCUT2D eigenvalue weighted by Gasteiger charge is 2.08. The minimum Gasteiger partial charge on any atom is -0.383 e. The van der Waals surface area contributed by atoms with Crippen molar-refractivity contribution < 1.29 is 12.8 Å². The molecule has 0 amide bonds. The van der Waals surface area contributed by atoms with Gasteiger partial charge in [-0.2, -0.15) is 0 Å². The molecule has 0 fully saturated rings. The molecule has 1 aromatic rings. The van der Waals surface area contributed by atoms with Crippen molar-refractivity contribution in [2.75, 3.05) is 23.4 Å². The van der Waals surface area contributed by atoms with Gasteiger partial charge in [-0.3, -0.25) is 0 Å². The number of halogens is 2. The molecule has 0 aliphatic heterocycles. The molecule has 0 atom stereocenters. The minimum atomic E-state index is -2.95. The monoisotopic (exact) mass is 279 g/mol. The van der Waals surface area contributed by atoms with Crippen LogP contribution in [0.25, 0.3) is 0 Å². The summed E-state index contributed by atoms with van der Waals surface area (Å²) in [7, 11) is -2.95. The topological polar surface area (TPSA) is 46.2 Å². The minimum absolute atomic E-state index is 0.0520. The Balaban J connectivity index is 2.44. The molecule has 1 rings (SSSR count). The van der Waals surface area contributed by atoms with Gasteiger partial charge in [-0.05, 0) is 18.6 Å². The highest BCUT2D eigenvalue weighted by Crippen LogP contribution is 2.21. The average molecular weight is 280 g/mol. The normalized spacial score (nSPS) is 11.5. The lowest BCUT2D eigenvalue weighted by molar-refractivity contribution is 0.595. The molecule has 1 N–H and O–H groups in total. The summed E-state index contributed by atoms with van der Waals surface area (Å²) < 4.78 is 35.8. The Labute approximate surface area is 106 Å². The number of hydrogen-bond acceptors (Lipinski definition) is 3. The van der Waals surface area contributed by atoms with E-state index in [1.807, 2.05) is 0 Å². The summed E-state index contributed by atoms with van der Waals surface area (Å²) in [5.74, 6) is -0.260. The van der Waals surface area contributed by atoms with E-state index < -0.39 is 15.7 Å². The fraction of sp³-hybridized carbons (Fsp3) is 0.455. The molecular formula is C11H15ClFNO2S. The standard InChI is InChI=1S/C11H15ClFNO2S/c1-2-17(15,16)8-4-7-14-10-6-3-5-9(12)11(10)13/h3,5-6,14H,2,4,7-8H2,1H3. The SMILES string of the molecule is CCS(=O)(=O)CCCNc1cccc(Cl)c1F. The highest BCUT2D eigenvalue weighted by atomic mass is 35.5. The van der Waals surface area contributed by atoms with E-state index in [9.17, 15) is 12.8 Å². The van der Waals surface area contributed by atoms with Crippen molar-refractivity contribution in [1.82, 2.24) is 0 Å². The zero-order valence-electron chi connectivity index (χ0n) is 9.54. The zero-order valence-corrected chi connectivity index (χ0v) is 11.1. The van der Waals surface area contributed by atoms with E-state index in [0.717, 1.165) is 0 Å². The van der Waals surface area contributed by atoms with Gasteiger partial charge in [0.2, 0.25) is 0 Å². The Kier molecular flexibility index (Phi) is 5.21. The van der Waals surface area contributed by atoms with E-state index in [1.54, 1.807) is 19.1 Å². The van der Waals surface area contributed by atoms with Crippen molar-refractivity contribution in [2.45, 2.75) is 13.3 Å². The predicted molar refractivity (Wildman–Crippen MR) is 68.8 cm³/mol. The van der Waals surface area contributed by atoms with Crippen molar-refractivity contribution >= 4 is 27.1 Å². The molecule has 0 aliphatic carbocycles. The molecule has 0 unspecified atom stereocenters. The van der Waals surface area contributed by atoms with Crippen LogP contribution in [0.2, 0.25) is 5.02 Å². The molecule has 6 heteroatoms. The number of benzene rings is 1. The van der Waals surface area contributed by atoms with Crippen molar-refractivity contribution in [3.05, 3.63) is 29.0 Å². The van der Waals surface area contributed by atoms with Gasteiger partial charge >= 0.3 is 0 Å². The second-order valence-electron chi connectivity index (χ2n) is 3.62. The lowest BCUT2D eigenvalue weighted by Gasteiger charge is -2.08. The Bertz CT molecular complexity index is 476. The fourth-order valence-electron chi connectivity index (χ4n) is 1.30. The molecule has 0 bridgehead atoms. The Morgan fingerprint density at radius 2 is 2.12 bits per heavy atom. The maximum atomic E-state index is 13.4. The van der Waals surface area contributed by atoms with E-state index in [1.165, 1.54) is 6.07 Å². The molecular weight excluding hydrogens is 265 g/mol. The van der Waals surface area contributed by atoms with Gasteiger partial charge < -0.3 is 5.32 Å². The van der Waals surface area contributed by atoms with Crippen molar-refractivity contribution in [2.24, 2.45) is 0 Å². The molecule has 0 spiro atoms. The van der Waals surface area contributed by atoms with Gasteiger partial charge in [-0.15, -0.1) is 0 Å². The van der Waals surface area contributed by atoms with Gasteiger partial charge in [-0.25, -0.2) is 12.8 Å². The van der Waals surface area contributed by atoms with E-state index in [4.69, 9.17) is 11.6 Å². The molecule has 0 saturated carbocycles. The third kappa shape index (κ3) is 4.52. The highest BCUT2D eigenvalue weighted by molar-refractivity contribution is 7.91. The van der Waals surface area contributed by atoms with E-state index >= 15 is 0 Å². The Hall–Kier alpha value is -0.810. The second kappa shape index (κ2) is 6.21. The quantitative estimate of drug-likeness (QED) is 0.815. The Morgan fingerprint density at radius 1 is 1.41 bits per heavy atom. The van der Waals surface area contributed by atoms with Gasteiger partial charge in [0.1, 0.15) is 9.84 Å². The zero-order chi connectivity index (χ0) is 12.9. The van der Waals surface area contributed by atoms with E-state index in [0.29, 0.717) is 18.7 Å². The van der Waals surface area contributed by atoms with Crippen molar-refractivity contribution in [3.8, 4) is 0 Å². The fourth-order valence-corrected chi connectivity index (χ4v) is 2.35. The van der Waals surface area contributed by atoms with Crippen LogP contribution in [0.15, 0.2) is 18.2 Å². The first-order valence-electron chi connectivity index (χ1n) is 5.34. The molecule has 1 aromatic carbocycles. The van der Waals surface area contributed by atoms with Crippen LogP contribution in [0.3, 0.4) is 0 Å². The smallest absolute Gasteiger partial charge is 0.164 e. The Morgan fingerprint density at radius 3 is 2.76 bits per heavy atom. The van der Waals surface area contributed by atoms with Gasteiger partial charge in [0.15, 0.2) is 5.82 Å². The summed E-state index contributed by atoms with van der Waals surface area (Å²) in [6, 6.07) is 4.66. The van der Waals surface area contributed by atoms with Crippen LogP contribution in [-0.4, -0.2) is 26.5 Å². The molecule has 3 nitrogen and oxygen atoms in total. The molecule has 0 heterocycles. The van der Waals surface area contributed by atoms with Crippen LogP contribution < -0.4 is 5.32 Å². The van der Waals surface area contributed by atoms with Crippen LogP contribution in [0.5, 0.6) is 0 Å². The maximum Gasteiger partial charge on any atom is 0.164 e. The first kappa shape index (κ1) is 14.3. The molecule has 17 heavy (non-hydrogen) atoms. The molecule has 0 aliphatic rings. The molecule has 0 aromatic heterocycles. The average Bonchev–Trinajstić information content (AvgIpc) is 2.30. The van der Waals surface area contributed by atoms with Gasteiger partial charge in [-0.1, -0.05) is 24.6 Å². The predicted octanol–water partition coefficient (Wildman–Crippen LogP) is 2.72. The summed E-state index contributed by atoms with van der Waals surface area (Å²) in [4.78, 5) is 0. The summed E-state index contributed by atoms with van der Waals surface area (Å²) >= 11 is 5.61. The summed E-state index contributed by atoms with van der Waals surface area (Å²) in [6.45, 7) is 2.01. The lowest BCUT2D eigenvalue weighted by atomic mass is 10.3. The number of anilines is 1. The summed E-state index contributed by atoms with van der Waals surface area (Å²) in [5.41, 5.74) is 0.298. The first-order chi connectivity index (χ1) is 7.96. The largest absolute Gasteiger partial charge is 0.383 e. The van der Waals surface area contributed by atoms with Gasteiger partial charge in [0, 0.05) is 12.3 Å². The number of sulfone groups is 1. The lowest BCUT2D eigenvalue weighted by Crippen LogP contribution is -2.13. The van der Waals surface area contributed by atoms with Crippen molar-refractivity contribution in [3.63, 3.8) is 0 Å². The first-order valence-corrected chi connectivity index (χ1v) is 7.54. The molecule has 96 valence electrons. The van der Waals surface area contributed by atoms with Gasteiger partial charge in [0.25, 0.3) is 0 Å². The van der Waals surface area contributed by atoms with E-state index in [-0.39, 0.29) is 16.5 Å². The summed E-state index contributed by atoms with van der Waals surface area (Å²) in [6.07, 6.45) is 0.447. The maximum absolute atomic E-state index is 13.4. The van der Waals surface area contributed by atoms with E-state index in [2.05, 4.69) is 5.32 Å². The number of hydrogen-bond donors (Lipinski definition) is 1. The van der Waals surface area contributed by atoms with Crippen LogP contribution in [-0.2, 0) is 9.84 Å². The van der Waals surface area contributed by atoms with Crippen LogP contribution in [0.1, 0.15) is 13.3 Å². The number of rotatable bonds is 6. The molecule has 0 saturated heterocycles. The van der Waals surface area contributed by atoms with Crippen LogP contribution in [0.4, 0.5) is 10.1 Å². The van der Waals surface area contributed by atoms with Crippen molar-refractivity contribution in [1.29, 1.82) is 0 Å². The van der Waals surface area contributed by atoms with Crippen LogP contribution >= 0.6 is 11.6 Å². The third-order valence-electron chi connectivity index (χ3n) is 2.34. The second-order valence-corrected chi connectivity index (χ2v) is 6.50.